The summed E-state index contributed by atoms with van der Waals surface area (Å²) >= 11 is 0. The monoisotopic (exact) mass is 419 g/mol. The van der Waals surface area contributed by atoms with E-state index in [-0.39, 0.29) is 17.7 Å². The molecule has 3 aliphatic heterocycles. The number of hydrogen-bond acceptors (Lipinski definition) is 5. The van der Waals surface area contributed by atoms with Crippen LogP contribution in [0.25, 0.3) is 0 Å². The summed E-state index contributed by atoms with van der Waals surface area (Å²) in [6.45, 7) is 5.66. The molecule has 1 atom stereocenters. The van der Waals surface area contributed by atoms with Crippen molar-refractivity contribution in [2.45, 2.75) is 45.1 Å². The average Bonchev–Trinajstić information content (AvgIpc) is 3.04. The lowest BCUT2D eigenvalue weighted by molar-refractivity contribution is -0.139. The van der Waals surface area contributed by atoms with E-state index in [9.17, 15) is 14.0 Å². The summed E-state index contributed by atoms with van der Waals surface area (Å²) in [5.41, 5.74) is 0.0220. The molecule has 7 nitrogen and oxygen atoms in total. The number of carbonyl (C=O) groups is 2. The number of carbonyl (C=O) groups excluding carboxylic acids is 2. The van der Waals surface area contributed by atoms with Gasteiger partial charge >= 0.3 is 6.09 Å². The van der Waals surface area contributed by atoms with Gasteiger partial charge in [0.1, 0.15) is 11.6 Å². The van der Waals surface area contributed by atoms with E-state index in [0.29, 0.717) is 38.5 Å². The summed E-state index contributed by atoms with van der Waals surface area (Å²) in [6.07, 6.45) is 3.71. The maximum Gasteiger partial charge on any atom is 0.412 e. The summed E-state index contributed by atoms with van der Waals surface area (Å²) in [7, 11) is 0. The number of benzene rings is 1. The van der Waals surface area contributed by atoms with Gasteiger partial charge < -0.3 is 24.6 Å². The molecule has 30 heavy (non-hydrogen) atoms. The van der Waals surface area contributed by atoms with Crippen molar-refractivity contribution >= 4 is 17.7 Å². The quantitative estimate of drug-likeness (QED) is 0.813. The van der Waals surface area contributed by atoms with Crippen LogP contribution in [0, 0.1) is 11.2 Å². The van der Waals surface area contributed by atoms with Gasteiger partial charge in [0.05, 0.1) is 11.1 Å². The van der Waals surface area contributed by atoms with Crippen LogP contribution >= 0.6 is 0 Å². The van der Waals surface area contributed by atoms with Crippen molar-refractivity contribution in [3.8, 4) is 5.75 Å². The minimum Gasteiger partial charge on any atom is -0.410 e. The molecule has 3 aliphatic rings. The molecule has 1 N–H and O–H groups in total. The van der Waals surface area contributed by atoms with Crippen molar-refractivity contribution in [1.82, 2.24) is 10.2 Å². The van der Waals surface area contributed by atoms with Crippen molar-refractivity contribution in [3.05, 3.63) is 24.0 Å². The van der Waals surface area contributed by atoms with Gasteiger partial charge in [-0.1, -0.05) is 0 Å². The van der Waals surface area contributed by atoms with E-state index in [2.05, 4.69) is 5.32 Å². The Morgan fingerprint density at radius 1 is 1.30 bits per heavy atom. The van der Waals surface area contributed by atoms with Crippen LogP contribution in [0.4, 0.5) is 14.9 Å². The lowest BCUT2D eigenvalue weighted by Crippen LogP contribution is -2.50. The van der Waals surface area contributed by atoms with Crippen molar-refractivity contribution in [2.24, 2.45) is 5.41 Å². The first-order chi connectivity index (χ1) is 14.5. The van der Waals surface area contributed by atoms with Crippen LogP contribution < -0.4 is 15.0 Å². The lowest BCUT2D eigenvalue weighted by atomic mass is 9.78. The van der Waals surface area contributed by atoms with E-state index < -0.39 is 17.3 Å². The second-order valence-corrected chi connectivity index (χ2v) is 8.43. The van der Waals surface area contributed by atoms with Crippen molar-refractivity contribution in [2.75, 3.05) is 44.3 Å². The molecule has 2 amide bonds. The highest BCUT2D eigenvalue weighted by atomic mass is 19.1. The lowest BCUT2D eigenvalue weighted by Gasteiger charge is -2.41. The van der Waals surface area contributed by atoms with E-state index in [1.165, 1.54) is 6.07 Å². The van der Waals surface area contributed by atoms with Gasteiger partial charge in [-0.3, -0.25) is 4.79 Å². The van der Waals surface area contributed by atoms with Crippen molar-refractivity contribution in [1.29, 1.82) is 0 Å². The minimum atomic E-state index is -0.605. The van der Waals surface area contributed by atoms with Gasteiger partial charge in [-0.15, -0.1) is 0 Å². The Labute approximate surface area is 176 Å². The Morgan fingerprint density at radius 2 is 2.10 bits per heavy atom. The van der Waals surface area contributed by atoms with E-state index in [4.69, 9.17) is 9.47 Å². The zero-order valence-corrected chi connectivity index (χ0v) is 17.5. The van der Waals surface area contributed by atoms with Gasteiger partial charge in [-0.25, -0.2) is 9.18 Å². The molecular formula is C22H30FN3O4. The molecule has 0 unspecified atom stereocenters. The molecule has 3 saturated heterocycles. The Bertz CT molecular complexity index is 799. The Morgan fingerprint density at radius 3 is 2.83 bits per heavy atom. The molecule has 1 aromatic rings. The van der Waals surface area contributed by atoms with Gasteiger partial charge in [-0.2, -0.15) is 0 Å². The smallest absolute Gasteiger partial charge is 0.410 e. The zero-order chi connectivity index (χ0) is 21.1. The standard InChI is InChI=1S/C22H30FN3O4/c1-2-24-21(28)30-17-4-5-19(18(23)14-17)25-10-3-8-22(15-25)9-11-26(20(22)27)16-6-12-29-13-7-16/h4-5,14,16H,2-3,6-13,15H2,1H3,(H,24,28)/t22-/m1/s1. The normalized spacial score (nSPS) is 25.1. The van der Waals surface area contributed by atoms with Crippen molar-refractivity contribution < 1.29 is 23.5 Å². The molecule has 0 saturated carbocycles. The second kappa shape index (κ2) is 8.79. The molecule has 8 heteroatoms. The number of hydrogen-bond donors (Lipinski definition) is 1. The van der Waals surface area contributed by atoms with E-state index in [0.717, 1.165) is 38.6 Å². The molecule has 0 bridgehead atoms. The highest BCUT2D eigenvalue weighted by Crippen LogP contribution is 2.43. The maximum atomic E-state index is 14.8. The summed E-state index contributed by atoms with van der Waals surface area (Å²) in [6, 6.07) is 4.73. The highest BCUT2D eigenvalue weighted by Gasteiger charge is 2.50. The molecule has 0 radical (unpaired) electrons. The predicted octanol–water partition coefficient (Wildman–Crippen LogP) is 2.93. The van der Waals surface area contributed by atoms with Gasteiger partial charge in [0.15, 0.2) is 0 Å². The first-order valence-electron chi connectivity index (χ1n) is 10.9. The highest BCUT2D eigenvalue weighted by molar-refractivity contribution is 5.86. The average molecular weight is 419 g/mol. The van der Waals surface area contributed by atoms with E-state index in [1.54, 1.807) is 19.1 Å². The number of nitrogens with zero attached hydrogens (tertiary/aromatic N) is 2. The molecule has 3 heterocycles. The minimum absolute atomic E-state index is 0.163. The van der Waals surface area contributed by atoms with E-state index in [1.807, 2.05) is 9.80 Å². The van der Waals surface area contributed by atoms with Gasteiger partial charge in [0.25, 0.3) is 0 Å². The number of amides is 2. The topological polar surface area (TPSA) is 71.1 Å². The van der Waals surface area contributed by atoms with Gasteiger partial charge in [-0.05, 0) is 51.2 Å². The summed E-state index contributed by atoms with van der Waals surface area (Å²) in [5.74, 6) is -0.0622. The number of likely N-dealkylation sites (tertiary alicyclic amines) is 1. The first-order valence-corrected chi connectivity index (χ1v) is 10.9. The third kappa shape index (κ3) is 4.10. The number of rotatable bonds is 4. The predicted molar refractivity (Wildman–Crippen MR) is 110 cm³/mol. The fourth-order valence-electron chi connectivity index (χ4n) is 5.00. The molecule has 0 aliphatic carbocycles. The number of piperidine rings is 1. The SMILES string of the molecule is CCNC(=O)Oc1ccc(N2CCC[C@@]3(CCN(C4CCOCC4)C3=O)C2)c(F)c1. The number of nitrogens with one attached hydrogen (secondary N) is 1. The van der Waals surface area contributed by atoms with Crippen molar-refractivity contribution in [3.63, 3.8) is 0 Å². The van der Waals surface area contributed by atoms with Crippen LogP contribution in [0.1, 0.15) is 39.0 Å². The number of anilines is 1. The molecule has 1 aromatic carbocycles. The number of halogens is 1. The molecule has 164 valence electrons. The van der Waals surface area contributed by atoms with Crippen LogP contribution in [0.15, 0.2) is 18.2 Å². The molecule has 1 spiro atoms. The molecule has 4 rings (SSSR count). The second-order valence-electron chi connectivity index (χ2n) is 8.43. The Hall–Kier alpha value is -2.35. The fraction of sp³-hybridized carbons (Fsp3) is 0.636. The third-order valence-corrected chi connectivity index (χ3v) is 6.55. The Kier molecular flexibility index (Phi) is 6.13. The van der Waals surface area contributed by atoms with E-state index >= 15 is 0 Å². The van der Waals surface area contributed by atoms with Crippen LogP contribution in [0.5, 0.6) is 5.75 Å². The third-order valence-electron chi connectivity index (χ3n) is 6.55. The fourth-order valence-corrected chi connectivity index (χ4v) is 5.00. The molecular weight excluding hydrogens is 389 g/mol. The summed E-state index contributed by atoms with van der Waals surface area (Å²) in [5, 5.41) is 2.52. The number of ether oxygens (including phenoxy) is 2. The zero-order valence-electron chi connectivity index (χ0n) is 17.5. The molecule has 0 aromatic heterocycles. The summed E-state index contributed by atoms with van der Waals surface area (Å²) < 4.78 is 25.4. The largest absolute Gasteiger partial charge is 0.412 e. The van der Waals surface area contributed by atoms with Gasteiger partial charge in [0.2, 0.25) is 5.91 Å². The van der Waals surface area contributed by atoms with Crippen LogP contribution in [-0.4, -0.2) is 62.3 Å². The van der Waals surface area contributed by atoms with Gasteiger partial charge in [0, 0.05) is 51.5 Å². The van der Waals surface area contributed by atoms with Crippen LogP contribution in [0.3, 0.4) is 0 Å². The summed E-state index contributed by atoms with van der Waals surface area (Å²) in [4.78, 5) is 29.0. The maximum absolute atomic E-state index is 14.8. The Balaban J connectivity index is 1.46. The first kappa shape index (κ1) is 20.9. The van der Waals surface area contributed by atoms with Crippen LogP contribution in [0.2, 0.25) is 0 Å². The molecule has 3 fully saturated rings. The van der Waals surface area contributed by atoms with Crippen LogP contribution in [-0.2, 0) is 9.53 Å².